The van der Waals surface area contributed by atoms with E-state index in [2.05, 4.69) is 0 Å². The molecule has 0 amide bonds. The minimum atomic E-state index is -1.75. The smallest absolute Gasteiger partial charge is 0.412 e. The molecule has 14 heteroatoms. The minimum Gasteiger partial charge on any atom is -0.412 e. The summed E-state index contributed by atoms with van der Waals surface area (Å²) in [5.74, 6) is 0. The van der Waals surface area contributed by atoms with Crippen molar-refractivity contribution in [3.05, 3.63) is 30.6 Å². The molecule has 0 radical (unpaired) electrons. The quantitative estimate of drug-likeness (QED) is 0.226. The van der Waals surface area contributed by atoms with Crippen molar-refractivity contribution in [2.45, 2.75) is 0 Å². The van der Waals surface area contributed by atoms with Gasteiger partial charge >= 0.3 is 56.6 Å². The third-order valence-electron chi connectivity index (χ3n) is 0. The second kappa shape index (κ2) is 51.6. The number of hydrogen-bond donors (Lipinski definition) is 0. The first-order chi connectivity index (χ1) is 3.46. The zero-order valence-electron chi connectivity index (χ0n) is 7.05. The summed E-state index contributed by atoms with van der Waals surface area (Å²) in [5.41, 5.74) is 0. The monoisotopic (exact) mass is 243 g/mol. The van der Waals surface area contributed by atoms with Gasteiger partial charge in [-0.2, -0.15) is 0 Å². The third kappa shape index (κ3) is 158000. The summed E-state index contributed by atoms with van der Waals surface area (Å²) < 4.78 is 0. The summed E-state index contributed by atoms with van der Waals surface area (Å²) in [6.45, 7) is 0. The first kappa shape index (κ1) is 65.0. The maximum Gasteiger partial charge on any atom is 2.00 e. The molecule has 0 aliphatic heterocycles. The van der Waals surface area contributed by atoms with Gasteiger partial charge in [-0.3, -0.25) is 0 Å². The molecule has 0 aromatic carbocycles. The molecule has 80 valence electrons. The summed E-state index contributed by atoms with van der Waals surface area (Å²) in [5, 5.41) is 29.5. The number of nitrogens with zero attached hydrogens (tertiary/aromatic N) is 2. The molecular formula is H8CaLiN2O10+. The maximum absolute atomic E-state index is 8.25. The van der Waals surface area contributed by atoms with Gasteiger partial charge in [-0.05, 0) is 0 Å². The molecule has 0 heterocycles. The van der Waals surface area contributed by atoms with E-state index in [1.807, 2.05) is 0 Å². The zero-order valence-corrected chi connectivity index (χ0v) is 9.26. The van der Waals surface area contributed by atoms with E-state index in [4.69, 9.17) is 30.6 Å². The van der Waals surface area contributed by atoms with Gasteiger partial charge in [0.2, 0.25) is 0 Å². The summed E-state index contributed by atoms with van der Waals surface area (Å²) >= 11 is 0. The zero-order chi connectivity index (χ0) is 7.15. The third-order valence-corrected chi connectivity index (χ3v) is 0. The van der Waals surface area contributed by atoms with E-state index in [-0.39, 0.29) is 78.5 Å². The Kier molecular flexibility index (Phi) is 240. The van der Waals surface area contributed by atoms with Crippen molar-refractivity contribution < 1.29 is 50.9 Å². The van der Waals surface area contributed by atoms with Crippen LogP contribution in [0.5, 0.6) is 0 Å². The number of rotatable bonds is 0. The van der Waals surface area contributed by atoms with Crippen molar-refractivity contribution >= 4 is 37.7 Å². The van der Waals surface area contributed by atoms with Crippen LogP contribution in [0, 0.1) is 30.6 Å². The molecule has 12 nitrogen and oxygen atoms in total. The van der Waals surface area contributed by atoms with Crippen LogP contribution in [0.15, 0.2) is 0 Å². The molecule has 0 aliphatic carbocycles. The molecule has 0 bridgehead atoms. The maximum atomic E-state index is 8.25. The van der Waals surface area contributed by atoms with E-state index in [1.165, 1.54) is 0 Å². The number of hydrogen-bond acceptors (Lipinski definition) is 6. The molecule has 14 heavy (non-hydrogen) atoms. The SMILES string of the molecule is O.O.O.O.O=[N+]([O-])[O-].O=[N+]([O-])[O-].[Ca+2].[Li+]. The Hall–Kier alpha value is 0.0971. The van der Waals surface area contributed by atoms with E-state index in [0.717, 1.165) is 0 Å². The predicted molar refractivity (Wildman–Crippen MR) is 40.9 cm³/mol. The topological polar surface area (TPSA) is 258 Å². The Morgan fingerprint density at radius 1 is 0.643 bits per heavy atom. The van der Waals surface area contributed by atoms with Crippen LogP contribution < -0.4 is 18.9 Å². The fourth-order valence-corrected chi connectivity index (χ4v) is 0. The molecule has 0 aromatic heterocycles. The standard InChI is InChI=1S/Ca.Li.2NO3.4H2O/c;;2*2-1(3)4;;;;/h;;;;4*1H2/q+2;+1;2*-1;;;;. The molecule has 0 spiro atoms. The van der Waals surface area contributed by atoms with Crippen LogP contribution >= 0.6 is 0 Å². The predicted octanol–water partition coefficient (Wildman–Crippen LogP) is -7.15. The van der Waals surface area contributed by atoms with Crippen molar-refractivity contribution in [2.24, 2.45) is 0 Å². The summed E-state index contributed by atoms with van der Waals surface area (Å²) in [7, 11) is 0. The average Bonchev–Trinajstić information content (AvgIpc) is 1.25. The minimum absolute atomic E-state index is 0. The summed E-state index contributed by atoms with van der Waals surface area (Å²) in [6.07, 6.45) is 0. The Balaban J connectivity index is -0.00000000600. The van der Waals surface area contributed by atoms with E-state index in [0.29, 0.717) is 0 Å². The van der Waals surface area contributed by atoms with E-state index in [1.54, 1.807) is 0 Å². The van der Waals surface area contributed by atoms with Crippen LogP contribution in [0.3, 0.4) is 0 Å². The molecule has 0 saturated heterocycles. The Labute approximate surface area is 119 Å². The second-order valence-electron chi connectivity index (χ2n) is 0.447. The second-order valence-corrected chi connectivity index (χ2v) is 0.447. The molecule has 0 aliphatic rings. The fourth-order valence-electron chi connectivity index (χ4n) is 0. The van der Waals surface area contributed by atoms with Crippen molar-refractivity contribution in [1.82, 2.24) is 0 Å². The van der Waals surface area contributed by atoms with Gasteiger partial charge < -0.3 is 52.5 Å². The molecule has 0 atom stereocenters. The molecule has 0 rings (SSSR count). The van der Waals surface area contributed by atoms with Crippen LogP contribution in [0.2, 0.25) is 0 Å². The van der Waals surface area contributed by atoms with Crippen LogP contribution in [-0.4, -0.2) is 69.8 Å². The van der Waals surface area contributed by atoms with Gasteiger partial charge in [0.05, 0.1) is 10.2 Å². The molecule has 0 unspecified atom stereocenters. The molecule has 0 saturated carbocycles. The summed E-state index contributed by atoms with van der Waals surface area (Å²) in [4.78, 5) is 16.5. The van der Waals surface area contributed by atoms with Gasteiger partial charge in [0.25, 0.3) is 0 Å². The van der Waals surface area contributed by atoms with E-state index < -0.39 is 10.2 Å². The van der Waals surface area contributed by atoms with Gasteiger partial charge in [0.1, 0.15) is 0 Å². The molecule has 0 aromatic rings. The van der Waals surface area contributed by atoms with Crippen LogP contribution in [-0.2, 0) is 0 Å². The van der Waals surface area contributed by atoms with Crippen LogP contribution in [0.4, 0.5) is 0 Å². The molecule has 8 N–H and O–H groups in total. The van der Waals surface area contributed by atoms with Gasteiger partial charge in [-0.25, -0.2) is 0 Å². The van der Waals surface area contributed by atoms with E-state index >= 15 is 0 Å². The Morgan fingerprint density at radius 2 is 0.643 bits per heavy atom. The van der Waals surface area contributed by atoms with Gasteiger partial charge in [-0.1, -0.05) is 0 Å². The first-order valence-corrected chi connectivity index (χ1v) is 1.10. The molecular weight excluding hydrogens is 235 g/mol. The van der Waals surface area contributed by atoms with Gasteiger partial charge in [0.15, 0.2) is 0 Å². The first-order valence-electron chi connectivity index (χ1n) is 1.10. The Bertz CT molecular complexity index is 76.1. The van der Waals surface area contributed by atoms with Crippen molar-refractivity contribution in [2.75, 3.05) is 0 Å². The van der Waals surface area contributed by atoms with E-state index in [9.17, 15) is 0 Å². The van der Waals surface area contributed by atoms with Crippen LogP contribution in [0.25, 0.3) is 0 Å². The fraction of sp³-hybridized carbons (Fsp3) is 0. The average molecular weight is 243 g/mol. The van der Waals surface area contributed by atoms with Gasteiger partial charge in [-0.15, -0.1) is 0 Å². The van der Waals surface area contributed by atoms with Crippen molar-refractivity contribution in [3.8, 4) is 0 Å². The Morgan fingerprint density at radius 3 is 0.643 bits per heavy atom. The van der Waals surface area contributed by atoms with Crippen molar-refractivity contribution in [1.29, 1.82) is 0 Å². The summed E-state index contributed by atoms with van der Waals surface area (Å²) in [6, 6.07) is 0. The normalized spacial score (nSPS) is 3.43. The van der Waals surface area contributed by atoms with Crippen LogP contribution in [0.1, 0.15) is 0 Å². The van der Waals surface area contributed by atoms with Crippen molar-refractivity contribution in [3.63, 3.8) is 0 Å². The molecule has 0 fully saturated rings. The van der Waals surface area contributed by atoms with Gasteiger partial charge in [0, 0.05) is 0 Å². The largest absolute Gasteiger partial charge is 2.00 e.